The molecule has 19 heavy (non-hydrogen) atoms. The summed E-state index contributed by atoms with van der Waals surface area (Å²) in [5.74, 6) is 0.285. The third kappa shape index (κ3) is 3.62. The summed E-state index contributed by atoms with van der Waals surface area (Å²) in [7, 11) is 0. The van der Waals surface area contributed by atoms with Crippen molar-refractivity contribution < 1.29 is 9.32 Å². The molecule has 0 aliphatic heterocycles. The number of carbonyl (C=O) groups is 1. The zero-order valence-electron chi connectivity index (χ0n) is 10.7. The van der Waals surface area contributed by atoms with Crippen LogP contribution in [0.15, 0.2) is 29.1 Å². The van der Waals surface area contributed by atoms with E-state index >= 15 is 0 Å². The third-order valence-electron chi connectivity index (χ3n) is 2.87. The van der Waals surface area contributed by atoms with E-state index in [9.17, 15) is 4.79 Å². The molecule has 0 spiro atoms. The fraction of sp³-hybridized carbons (Fsp3) is 0.308. The first-order valence-electron chi connectivity index (χ1n) is 6.02. The fourth-order valence-corrected chi connectivity index (χ4v) is 1.77. The molecule has 0 atom stereocenters. The van der Waals surface area contributed by atoms with Crippen molar-refractivity contribution in [1.82, 2.24) is 15.5 Å². The lowest BCUT2D eigenvalue weighted by Gasteiger charge is -2.08. The van der Waals surface area contributed by atoms with Crippen molar-refractivity contribution in [3.05, 3.63) is 47.1 Å². The monoisotopic (exact) mass is 260 g/mol. The number of rotatable bonds is 6. The molecule has 0 saturated carbocycles. The van der Waals surface area contributed by atoms with E-state index in [1.807, 2.05) is 13.0 Å². The Hall–Kier alpha value is -2.21. The lowest BCUT2D eigenvalue weighted by atomic mass is 10.0. The Labute approximate surface area is 111 Å². The predicted molar refractivity (Wildman–Crippen MR) is 69.4 cm³/mol. The lowest BCUT2D eigenvalue weighted by Crippen LogP contribution is -2.18. The van der Waals surface area contributed by atoms with Gasteiger partial charge in [-0.05, 0) is 30.2 Å². The van der Waals surface area contributed by atoms with Gasteiger partial charge in [-0.15, -0.1) is 0 Å². The van der Waals surface area contributed by atoms with Crippen molar-refractivity contribution in [2.24, 2.45) is 5.73 Å². The number of benzene rings is 1. The van der Waals surface area contributed by atoms with E-state index in [4.69, 9.17) is 5.73 Å². The van der Waals surface area contributed by atoms with Crippen LogP contribution in [0.3, 0.4) is 0 Å². The Morgan fingerprint density at radius 3 is 2.95 bits per heavy atom. The first-order chi connectivity index (χ1) is 9.16. The topological polar surface area (TPSA) is 94.0 Å². The van der Waals surface area contributed by atoms with Crippen molar-refractivity contribution >= 4 is 5.91 Å². The molecule has 1 aromatic heterocycles. The second kappa shape index (κ2) is 6.10. The molecule has 0 saturated heterocycles. The van der Waals surface area contributed by atoms with E-state index in [-0.39, 0.29) is 0 Å². The largest absolute Gasteiger partial charge is 0.366 e. The molecule has 2 aromatic rings. The van der Waals surface area contributed by atoms with Gasteiger partial charge in [0.1, 0.15) is 0 Å². The molecule has 6 nitrogen and oxygen atoms in total. The number of hydrogen-bond donors (Lipinski definition) is 2. The van der Waals surface area contributed by atoms with Crippen molar-refractivity contribution in [2.45, 2.75) is 19.9 Å². The van der Waals surface area contributed by atoms with Crippen LogP contribution in [0.25, 0.3) is 0 Å². The minimum Gasteiger partial charge on any atom is -0.366 e. The van der Waals surface area contributed by atoms with Crippen molar-refractivity contribution in [3.8, 4) is 0 Å². The van der Waals surface area contributed by atoms with Crippen molar-refractivity contribution in [3.63, 3.8) is 0 Å². The van der Waals surface area contributed by atoms with Gasteiger partial charge in [0.2, 0.25) is 12.3 Å². The number of primary amides is 1. The molecular formula is C13H16N4O2. The maximum absolute atomic E-state index is 11.0. The van der Waals surface area contributed by atoms with E-state index in [1.54, 1.807) is 12.1 Å². The number of nitrogens with two attached hydrogens (primary N) is 1. The highest BCUT2D eigenvalue weighted by Crippen LogP contribution is 2.10. The van der Waals surface area contributed by atoms with E-state index in [0.29, 0.717) is 11.4 Å². The SMILES string of the molecule is Cc1cc(C(N)=O)ccc1CNCCc1ncon1. The van der Waals surface area contributed by atoms with Crippen LogP contribution in [0.5, 0.6) is 0 Å². The van der Waals surface area contributed by atoms with Gasteiger partial charge in [-0.25, -0.2) is 0 Å². The van der Waals surface area contributed by atoms with Gasteiger partial charge in [0, 0.05) is 25.1 Å². The number of amides is 1. The van der Waals surface area contributed by atoms with Gasteiger partial charge >= 0.3 is 0 Å². The maximum atomic E-state index is 11.0. The molecule has 0 bridgehead atoms. The van der Waals surface area contributed by atoms with Crippen LogP contribution in [-0.4, -0.2) is 22.6 Å². The molecule has 100 valence electrons. The Morgan fingerprint density at radius 2 is 2.32 bits per heavy atom. The number of carbonyl (C=O) groups excluding carboxylic acids is 1. The Balaban J connectivity index is 1.84. The second-order valence-corrected chi connectivity index (χ2v) is 4.28. The predicted octanol–water partition coefficient (Wildman–Crippen LogP) is 0.809. The summed E-state index contributed by atoms with van der Waals surface area (Å²) in [6, 6.07) is 5.46. The lowest BCUT2D eigenvalue weighted by molar-refractivity contribution is 0.1000. The number of aromatic nitrogens is 2. The van der Waals surface area contributed by atoms with Gasteiger partial charge in [-0.3, -0.25) is 4.79 Å². The summed E-state index contributed by atoms with van der Waals surface area (Å²) in [6.45, 7) is 3.45. The number of aryl methyl sites for hydroxylation is 1. The van der Waals surface area contributed by atoms with Crippen LogP contribution in [0.4, 0.5) is 0 Å². The average molecular weight is 260 g/mol. The normalized spacial score (nSPS) is 10.6. The second-order valence-electron chi connectivity index (χ2n) is 4.28. The van der Waals surface area contributed by atoms with Crippen LogP contribution < -0.4 is 11.1 Å². The van der Waals surface area contributed by atoms with Crippen LogP contribution >= 0.6 is 0 Å². The van der Waals surface area contributed by atoms with Gasteiger partial charge in [0.05, 0.1) is 0 Å². The van der Waals surface area contributed by atoms with E-state index in [0.717, 1.165) is 30.6 Å². The molecule has 1 aromatic carbocycles. The smallest absolute Gasteiger partial charge is 0.248 e. The minimum absolute atomic E-state index is 0.403. The molecule has 0 radical (unpaired) electrons. The first-order valence-corrected chi connectivity index (χ1v) is 6.02. The molecule has 0 aliphatic carbocycles. The van der Waals surface area contributed by atoms with Crippen molar-refractivity contribution in [2.75, 3.05) is 6.54 Å². The standard InChI is InChI=1S/C13H16N4O2/c1-9-6-10(13(14)18)2-3-11(9)7-15-5-4-12-16-8-19-17-12/h2-3,6,8,15H,4-5,7H2,1H3,(H2,14,18). The van der Waals surface area contributed by atoms with E-state index in [1.165, 1.54) is 6.39 Å². The first kappa shape index (κ1) is 13.2. The Bertz CT molecular complexity index is 552. The van der Waals surface area contributed by atoms with Crippen LogP contribution in [0.2, 0.25) is 0 Å². The fourth-order valence-electron chi connectivity index (χ4n) is 1.77. The molecule has 0 fully saturated rings. The van der Waals surface area contributed by atoms with Gasteiger partial charge in [0.15, 0.2) is 5.82 Å². The minimum atomic E-state index is -0.403. The molecule has 3 N–H and O–H groups in total. The third-order valence-corrected chi connectivity index (χ3v) is 2.87. The summed E-state index contributed by atoms with van der Waals surface area (Å²) in [5, 5.41) is 7.02. The summed E-state index contributed by atoms with van der Waals surface area (Å²) in [6.07, 6.45) is 2.04. The molecule has 2 rings (SSSR count). The molecule has 1 amide bonds. The zero-order chi connectivity index (χ0) is 13.7. The molecule has 0 unspecified atom stereocenters. The summed E-state index contributed by atoms with van der Waals surface area (Å²) >= 11 is 0. The molecule has 1 heterocycles. The summed E-state index contributed by atoms with van der Waals surface area (Å²) in [5.41, 5.74) is 7.95. The summed E-state index contributed by atoms with van der Waals surface area (Å²) in [4.78, 5) is 15.0. The molecule has 6 heteroatoms. The number of hydrogen-bond acceptors (Lipinski definition) is 5. The van der Waals surface area contributed by atoms with Gasteiger partial charge in [-0.2, -0.15) is 4.98 Å². The number of nitrogens with zero attached hydrogens (tertiary/aromatic N) is 2. The van der Waals surface area contributed by atoms with Gasteiger partial charge < -0.3 is 15.6 Å². The quantitative estimate of drug-likeness (QED) is 0.749. The zero-order valence-corrected chi connectivity index (χ0v) is 10.7. The maximum Gasteiger partial charge on any atom is 0.248 e. The highest BCUT2D eigenvalue weighted by atomic mass is 16.5. The van der Waals surface area contributed by atoms with E-state index < -0.39 is 5.91 Å². The highest BCUT2D eigenvalue weighted by Gasteiger charge is 2.04. The number of nitrogens with one attached hydrogen (secondary N) is 1. The van der Waals surface area contributed by atoms with Crippen molar-refractivity contribution in [1.29, 1.82) is 0 Å². The van der Waals surface area contributed by atoms with E-state index in [2.05, 4.69) is 20.0 Å². The highest BCUT2D eigenvalue weighted by molar-refractivity contribution is 5.93. The van der Waals surface area contributed by atoms with Gasteiger partial charge in [-0.1, -0.05) is 11.2 Å². The van der Waals surface area contributed by atoms with Crippen LogP contribution in [-0.2, 0) is 13.0 Å². The Kier molecular flexibility index (Phi) is 4.25. The average Bonchev–Trinajstić information content (AvgIpc) is 2.89. The van der Waals surface area contributed by atoms with Gasteiger partial charge in [0.25, 0.3) is 0 Å². The molecular weight excluding hydrogens is 244 g/mol. The van der Waals surface area contributed by atoms with Crippen LogP contribution in [0.1, 0.15) is 27.3 Å². The van der Waals surface area contributed by atoms with Crippen LogP contribution in [0, 0.1) is 6.92 Å². The molecule has 0 aliphatic rings. The Morgan fingerprint density at radius 1 is 1.47 bits per heavy atom. The summed E-state index contributed by atoms with van der Waals surface area (Å²) < 4.78 is 4.65.